The van der Waals surface area contributed by atoms with Crippen LogP contribution in [-0.2, 0) is 28.5 Å². The molecule has 0 aliphatic carbocycles. The smallest absolute Gasteiger partial charge is 0.402 e. The first kappa shape index (κ1) is 35.3. The van der Waals surface area contributed by atoms with Gasteiger partial charge in [0.25, 0.3) is 0 Å². The lowest BCUT2D eigenvalue weighted by Gasteiger charge is -2.40. The summed E-state index contributed by atoms with van der Waals surface area (Å²) < 4.78 is 39.0. The quantitative estimate of drug-likeness (QED) is 0.0723. The van der Waals surface area contributed by atoms with Gasteiger partial charge in [0.15, 0.2) is 17.6 Å². The van der Waals surface area contributed by atoms with Gasteiger partial charge in [-0.25, -0.2) is 9.21 Å². The van der Waals surface area contributed by atoms with Crippen molar-refractivity contribution in [2.45, 2.75) is 73.9 Å². The Hall–Kier alpha value is -4.57. The number of aliphatic hydroxyl groups excluding tert-OH is 7. The number of hydrogen-bond acceptors (Lipinski definition) is 18. The number of hydrogen-bond donors (Lipinski definition) is 10. The lowest BCUT2D eigenvalue weighted by molar-refractivity contribution is -0.279. The summed E-state index contributed by atoms with van der Waals surface area (Å²) in [5.74, 6) is -4.77. The normalized spacial score (nSPS) is 33.9. The number of esters is 2. The molecule has 19 heteroatoms. The zero-order valence-electron chi connectivity index (χ0n) is 25.6. The van der Waals surface area contributed by atoms with Crippen LogP contribution >= 0.6 is 0 Å². The van der Waals surface area contributed by atoms with Gasteiger partial charge in [0, 0.05) is 18.2 Å². The summed E-state index contributed by atoms with van der Waals surface area (Å²) >= 11 is 0. The maximum Gasteiger partial charge on any atom is 0.402 e. The molecule has 3 aliphatic rings. The Labute approximate surface area is 280 Å². The number of ether oxygens (including phenoxy) is 6. The molecule has 4 heterocycles. The second-order valence-corrected chi connectivity index (χ2v) is 11.8. The van der Waals surface area contributed by atoms with E-state index in [0.717, 1.165) is 24.3 Å². The minimum Gasteiger partial charge on any atom is -0.507 e. The Morgan fingerprint density at radius 3 is 1.86 bits per heavy atom. The Balaban J connectivity index is 1.48. The average molecular weight is 710 g/mol. The highest BCUT2D eigenvalue weighted by molar-refractivity contribution is 5.89. The monoisotopic (exact) mass is 709 g/mol. The maximum absolute atomic E-state index is 12.5. The van der Waals surface area contributed by atoms with Gasteiger partial charge in [-0.15, -0.1) is 0 Å². The number of aromatic hydroxyl groups is 3. The molecule has 6 rings (SSSR count). The van der Waals surface area contributed by atoms with Crippen molar-refractivity contribution in [3.8, 4) is 40.1 Å². The molecule has 10 N–H and O–H groups in total. The molecule has 2 saturated heterocycles. The zero-order valence-corrected chi connectivity index (χ0v) is 25.6. The molecule has 50 heavy (non-hydrogen) atoms. The molecule has 0 radical (unpaired) electrons. The highest BCUT2D eigenvalue weighted by Crippen LogP contribution is 2.43. The molecule has 11 atom stereocenters. The summed E-state index contributed by atoms with van der Waals surface area (Å²) in [5.41, 5.74) is -0.0410. The zero-order chi connectivity index (χ0) is 36.0. The number of benzene rings is 2. The summed E-state index contributed by atoms with van der Waals surface area (Å²) in [6.07, 6.45) is -21.1. The van der Waals surface area contributed by atoms with Crippen molar-refractivity contribution in [2.75, 3.05) is 13.2 Å². The van der Waals surface area contributed by atoms with Crippen LogP contribution in [0.25, 0.3) is 22.3 Å². The summed E-state index contributed by atoms with van der Waals surface area (Å²) in [5, 5.41) is 105. The number of carbonyl (C=O) groups is 2. The second-order valence-electron chi connectivity index (χ2n) is 11.8. The Kier molecular flexibility index (Phi) is 9.86. The molecule has 0 spiro atoms. The molecule has 1 unspecified atom stereocenters. The van der Waals surface area contributed by atoms with Crippen molar-refractivity contribution in [1.29, 1.82) is 0 Å². The van der Waals surface area contributed by atoms with E-state index in [1.807, 2.05) is 0 Å². The van der Waals surface area contributed by atoms with E-state index in [-0.39, 0.29) is 33.8 Å². The number of rotatable bonds is 1. The molecule has 6 bridgehead atoms. The van der Waals surface area contributed by atoms with Gasteiger partial charge in [0.2, 0.25) is 18.3 Å². The molecule has 0 saturated carbocycles. The van der Waals surface area contributed by atoms with Gasteiger partial charge in [-0.1, -0.05) is 0 Å². The van der Waals surface area contributed by atoms with Gasteiger partial charge in [0.05, 0.1) is 18.1 Å². The van der Waals surface area contributed by atoms with Crippen molar-refractivity contribution < 1.29 is 93.5 Å². The lowest BCUT2D eigenvalue weighted by atomic mass is 9.99. The third-order valence-corrected chi connectivity index (χ3v) is 8.29. The minimum absolute atomic E-state index is 0.0105. The highest BCUT2D eigenvalue weighted by atomic mass is 16.7. The Bertz CT molecular complexity index is 1750. The molecule has 1 aromatic heterocycles. The number of phenolic OH excluding ortho intramolecular Hbond substituents is 3. The number of phenols is 3. The first-order valence-electron chi connectivity index (χ1n) is 15.1. The number of aliphatic hydroxyl groups is 7. The minimum atomic E-state index is -2.08. The van der Waals surface area contributed by atoms with Crippen molar-refractivity contribution >= 4 is 22.9 Å². The molecule has 2 aromatic carbocycles. The summed E-state index contributed by atoms with van der Waals surface area (Å²) in [4.78, 5) is 24.8. The van der Waals surface area contributed by atoms with Crippen LogP contribution in [0, 0.1) is 0 Å². The lowest BCUT2D eigenvalue weighted by Crippen LogP contribution is -2.60. The van der Waals surface area contributed by atoms with Gasteiger partial charge in [-0.05, 0) is 12.1 Å². The molecule has 3 aliphatic heterocycles. The topological polar surface area (TPSA) is 303 Å². The van der Waals surface area contributed by atoms with Crippen LogP contribution in [0.5, 0.6) is 28.7 Å². The van der Waals surface area contributed by atoms with E-state index in [9.17, 15) is 60.7 Å². The van der Waals surface area contributed by atoms with Crippen LogP contribution in [0.15, 0.2) is 40.8 Å². The van der Waals surface area contributed by atoms with Crippen LogP contribution in [-0.4, -0.2) is 144 Å². The van der Waals surface area contributed by atoms with E-state index < -0.39 is 116 Å². The molecule has 2 fully saturated rings. The van der Waals surface area contributed by atoms with E-state index in [2.05, 4.69) is 0 Å². The van der Waals surface area contributed by atoms with Crippen molar-refractivity contribution in [2.24, 2.45) is 0 Å². The largest absolute Gasteiger partial charge is 0.507 e. The first-order chi connectivity index (χ1) is 23.7. The number of cyclic esters (lactones) is 2. The van der Waals surface area contributed by atoms with Crippen LogP contribution in [0.3, 0.4) is 0 Å². The van der Waals surface area contributed by atoms with Gasteiger partial charge in [-0.3, -0.25) is 4.79 Å². The van der Waals surface area contributed by atoms with E-state index in [0.29, 0.717) is 0 Å². The predicted octanol–water partition coefficient (Wildman–Crippen LogP) is -2.28. The Morgan fingerprint density at radius 1 is 0.640 bits per heavy atom. The van der Waals surface area contributed by atoms with E-state index in [1.165, 1.54) is 12.1 Å². The molecule has 0 amide bonds. The second kappa shape index (κ2) is 14.0. The fraction of sp³-hybridized carbons (Fsp3) is 0.452. The summed E-state index contributed by atoms with van der Waals surface area (Å²) in [6, 6.07) is 6.99. The molecule has 270 valence electrons. The molecular formula is C31H33O19+. The first-order valence-corrected chi connectivity index (χ1v) is 15.1. The molecule has 19 nitrogen and oxygen atoms in total. The predicted molar refractivity (Wildman–Crippen MR) is 158 cm³/mol. The van der Waals surface area contributed by atoms with Crippen molar-refractivity contribution in [3.05, 3.63) is 36.4 Å². The number of fused-ring (bicyclic) bond motifs is 5. The summed E-state index contributed by atoms with van der Waals surface area (Å²) in [7, 11) is 0. The third-order valence-electron chi connectivity index (χ3n) is 8.29. The molecule has 3 aromatic rings. The van der Waals surface area contributed by atoms with Gasteiger partial charge in [0.1, 0.15) is 78.9 Å². The highest BCUT2D eigenvalue weighted by Gasteiger charge is 2.48. The van der Waals surface area contributed by atoms with Crippen molar-refractivity contribution in [3.63, 3.8) is 0 Å². The summed E-state index contributed by atoms with van der Waals surface area (Å²) in [6.45, 7) is -1.55. The van der Waals surface area contributed by atoms with Gasteiger partial charge >= 0.3 is 23.3 Å². The Morgan fingerprint density at radius 2 is 1.24 bits per heavy atom. The molecular weight excluding hydrogens is 676 g/mol. The van der Waals surface area contributed by atoms with Gasteiger partial charge in [-0.2, -0.15) is 0 Å². The van der Waals surface area contributed by atoms with E-state index >= 15 is 0 Å². The fourth-order valence-corrected chi connectivity index (χ4v) is 5.51. The van der Waals surface area contributed by atoms with Gasteiger partial charge < -0.3 is 79.5 Å². The average Bonchev–Trinajstić information content (AvgIpc) is 3.08. The van der Waals surface area contributed by atoms with Crippen LogP contribution < -0.4 is 9.47 Å². The van der Waals surface area contributed by atoms with Crippen LogP contribution in [0.1, 0.15) is 6.42 Å². The maximum atomic E-state index is 12.5. The SMILES string of the molecule is O=C1CC(O)C(=O)OC[C@H]2O[C@H](Oc3cc4c(cc(O)cc4[o+]c3-c3ccc(O)c(O)c3)O[C@H]3O[C@@H](CO1)[C@H](O)[C@H](O)[C@H]3O)[C@@H](O)[C@@H](O)[C@@H]2O. The van der Waals surface area contributed by atoms with Crippen molar-refractivity contribution in [1.82, 2.24) is 0 Å². The fourth-order valence-electron chi connectivity index (χ4n) is 5.51. The van der Waals surface area contributed by atoms with E-state index in [1.54, 1.807) is 0 Å². The standard InChI is InChI=1S/C31H32O19/c32-11-4-16-12-6-18(28(46-16)10-1-2-13(33)14(34)3-10)48-31-27(42)25(40)23(38)20(50-31)9-45-29(43)15(35)7-21(36)44-8-19-22(37)24(39)26(41)30(49-19)47-17(12)5-11/h1-6,15,19-20,22-27,30-31,35,37-42H,7-9H2,(H2-,32,33,34)/p+1/t15?,19-,20+,22-,23+,24-,25-,26+,27-,30-,31-/m0/s1. The van der Waals surface area contributed by atoms with Crippen LogP contribution in [0.2, 0.25) is 0 Å². The third kappa shape index (κ3) is 6.90. The number of carbonyl (C=O) groups excluding carboxylic acids is 2. The van der Waals surface area contributed by atoms with E-state index in [4.69, 9.17) is 32.8 Å². The van der Waals surface area contributed by atoms with Crippen LogP contribution in [0.4, 0.5) is 0 Å².